The molecule has 0 bridgehead atoms. The molecule has 3 unspecified atom stereocenters. The first-order valence-electron chi connectivity index (χ1n) is 6.86. The third-order valence-corrected chi connectivity index (χ3v) is 4.59. The quantitative estimate of drug-likeness (QED) is 0.733. The van der Waals surface area contributed by atoms with Gasteiger partial charge in [-0.15, -0.1) is 0 Å². The van der Waals surface area contributed by atoms with Gasteiger partial charge in [0.15, 0.2) is 0 Å². The highest BCUT2D eigenvalue weighted by Gasteiger charge is 2.44. The van der Waals surface area contributed by atoms with Crippen molar-refractivity contribution in [2.45, 2.75) is 65.3 Å². The molecule has 88 valence electrons. The van der Waals surface area contributed by atoms with Gasteiger partial charge in [0.2, 0.25) is 0 Å². The Bertz CT molecular complexity index is 211. The van der Waals surface area contributed by atoms with Crippen LogP contribution in [0.1, 0.15) is 59.3 Å². The van der Waals surface area contributed by atoms with Crippen LogP contribution in [0.3, 0.4) is 0 Å². The Balaban J connectivity index is 2.04. The van der Waals surface area contributed by atoms with Crippen molar-refractivity contribution in [2.24, 2.45) is 17.3 Å². The largest absolute Gasteiger partial charge is 0.313 e. The van der Waals surface area contributed by atoms with Crippen LogP contribution in [0.15, 0.2) is 0 Å². The van der Waals surface area contributed by atoms with Crippen molar-refractivity contribution in [1.29, 1.82) is 0 Å². The minimum atomic E-state index is 0.682. The molecule has 3 atom stereocenters. The molecule has 1 aliphatic carbocycles. The summed E-state index contributed by atoms with van der Waals surface area (Å²) in [6.45, 7) is 8.44. The number of hydrogen-bond acceptors (Lipinski definition) is 1. The molecule has 0 aromatic heterocycles. The summed E-state index contributed by atoms with van der Waals surface area (Å²) in [6.07, 6.45) is 8.73. The monoisotopic (exact) mass is 209 g/mol. The van der Waals surface area contributed by atoms with Crippen LogP contribution in [0, 0.1) is 17.3 Å². The zero-order valence-electron chi connectivity index (χ0n) is 10.7. The first kappa shape index (κ1) is 11.4. The second kappa shape index (κ2) is 4.45. The smallest absolute Gasteiger partial charge is 0.0126 e. The van der Waals surface area contributed by atoms with Crippen LogP contribution < -0.4 is 5.32 Å². The predicted molar refractivity (Wildman–Crippen MR) is 65.9 cm³/mol. The van der Waals surface area contributed by atoms with Crippen LogP contribution in [0.2, 0.25) is 0 Å². The molecule has 15 heavy (non-hydrogen) atoms. The Morgan fingerprint density at radius 2 is 2.13 bits per heavy atom. The van der Waals surface area contributed by atoms with Gasteiger partial charge in [-0.05, 0) is 49.5 Å². The van der Waals surface area contributed by atoms with Crippen molar-refractivity contribution in [2.75, 3.05) is 6.54 Å². The summed E-state index contributed by atoms with van der Waals surface area (Å²) < 4.78 is 0. The maximum atomic E-state index is 3.77. The third-order valence-electron chi connectivity index (χ3n) is 4.59. The lowest BCUT2D eigenvalue weighted by molar-refractivity contribution is 0.115. The zero-order chi connectivity index (χ0) is 10.9. The normalized spacial score (nSPS) is 41.6. The molecule has 1 N–H and O–H groups in total. The molecular formula is C14H27N. The van der Waals surface area contributed by atoms with Crippen molar-refractivity contribution < 1.29 is 0 Å². The molecule has 1 spiro atoms. The number of rotatable bonds is 2. The molecule has 1 saturated carbocycles. The molecule has 1 heterocycles. The lowest BCUT2D eigenvalue weighted by Gasteiger charge is -2.42. The van der Waals surface area contributed by atoms with E-state index < -0.39 is 0 Å². The maximum absolute atomic E-state index is 3.77. The SMILES string of the molecule is CC(C)CC1NCCC12CCCC(C)C2. The summed E-state index contributed by atoms with van der Waals surface area (Å²) in [5.74, 6) is 1.81. The number of nitrogens with one attached hydrogen (secondary N) is 1. The topological polar surface area (TPSA) is 12.0 Å². The Morgan fingerprint density at radius 1 is 1.33 bits per heavy atom. The van der Waals surface area contributed by atoms with Gasteiger partial charge in [0.25, 0.3) is 0 Å². The minimum absolute atomic E-state index is 0.682. The highest BCUT2D eigenvalue weighted by Crippen LogP contribution is 2.48. The molecule has 1 aliphatic heterocycles. The summed E-state index contributed by atoms with van der Waals surface area (Å²) >= 11 is 0. The Hall–Kier alpha value is -0.0400. The molecule has 1 heteroatoms. The van der Waals surface area contributed by atoms with E-state index >= 15 is 0 Å². The molecule has 0 radical (unpaired) electrons. The van der Waals surface area contributed by atoms with Gasteiger partial charge in [0.1, 0.15) is 0 Å². The van der Waals surface area contributed by atoms with Crippen molar-refractivity contribution in [1.82, 2.24) is 5.32 Å². The van der Waals surface area contributed by atoms with Gasteiger partial charge in [-0.2, -0.15) is 0 Å². The second-order valence-electron chi connectivity index (χ2n) is 6.45. The van der Waals surface area contributed by atoms with E-state index in [1.165, 1.54) is 45.1 Å². The van der Waals surface area contributed by atoms with Crippen molar-refractivity contribution in [3.05, 3.63) is 0 Å². The van der Waals surface area contributed by atoms with E-state index in [0.29, 0.717) is 5.41 Å². The van der Waals surface area contributed by atoms with Gasteiger partial charge < -0.3 is 5.32 Å². The molecule has 0 aromatic carbocycles. The van der Waals surface area contributed by atoms with E-state index in [1.807, 2.05) is 0 Å². The van der Waals surface area contributed by atoms with Crippen molar-refractivity contribution in [3.8, 4) is 0 Å². The summed E-state index contributed by atoms with van der Waals surface area (Å²) in [7, 11) is 0. The molecule has 2 rings (SSSR count). The van der Waals surface area contributed by atoms with E-state index in [-0.39, 0.29) is 0 Å². The minimum Gasteiger partial charge on any atom is -0.313 e. The first-order chi connectivity index (χ1) is 7.12. The Labute approximate surface area is 95.0 Å². The first-order valence-corrected chi connectivity index (χ1v) is 6.86. The lowest BCUT2D eigenvalue weighted by Crippen LogP contribution is -2.40. The summed E-state index contributed by atoms with van der Waals surface area (Å²) in [5, 5.41) is 3.77. The van der Waals surface area contributed by atoms with Crippen LogP contribution in [-0.2, 0) is 0 Å². The number of hydrogen-bond donors (Lipinski definition) is 1. The van der Waals surface area contributed by atoms with Crippen LogP contribution in [0.5, 0.6) is 0 Å². The van der Waals surface area contributed by atoms with E-state index in [0.717, 1.165) is 17.9 Å². The molecular weight excluding hydrogens is 182 g/mol. The van der Waals surface area contributed by atoms with Crippen LogP contribution in [0.25, 0.3) is 0 Å². The van der Waals surface area contributed by atoms with E-state index in [1.54, 1.807) is 0 Å². The molecule has 1 nitrogen and oxygen atoms in total. The van der Waals surface area contributed by atoms with E-state index in [2.05, 4.69) is 26.1 Å². The van der Waals surface area contributed by atoms with E-state index in [4.69, 9.17) is 0 Å². The van der Waals surface area contributed by atoms with Crippen LogP contribution in [-0.4, -0.2) is 12.6 Å². The highest BCUT2D eigenvalue weighted by atomic mass is 15.0. The Kier molecular flexibility index (Phi) is 3.39. The van der Waals surface area contributed by atoms with E-state index in [9.17, 15) is 0 Å². The van der Waals surface area contributed by atoms with Crippen molar-refractivity contribution >= 4 is 0 Å². The maximum Gasteiger partial charge on any atom is 0.0126 e. The van der Waals surface area contributed by atoms with Gasteiger partial charge in [-0.25, -0.2) is 0 Å². The van der Waals surface area contributed by atoms with Gasteiger partial charge in [-0.1, -0.05) is 33.6 Å². The summed E-state index contributed by atoms with van der Waals surface area (Å²) in [6, 6.07) is 0.820. The molecule has 0 aromatic rings. The fraction of sp³-hybridized carbons (Fsp3) is 1.00. The van der Waals surface area contributed by atoms with Gasteiger partial charge in [0, 0.05) is 6.04 Å². The van der Waals surface area contributed by atoms with Gasteiger partial charge in [0.05, 0.1) is 0 Å². The predicted octanol–water partition coefficient (Wildman–Crippen LogP) is 3.59. The molecule has 2 aliphatic rings. The lowest BCUT2D eigenvalue weighted by atomic mass is 9.64. The van der Waals surface area contributed by atoms with Crippen molar-refractivity contribution in [3.63, 3.8) is 0 Å². The zero-order valence-corrected chi connectivity index (χ0v) is 10.7. The molecule has 0 amide bonds. The fourth-order valence-corrected chi connectivity index (χ4v) is 3.94. The van der Waals surface area contributed by atoms with Gasteiger partial charge >= 0.3 is 0 Å². The van der Waals surface area contributed by atoms with Gasteiger partial charge in [-0.3, -0.25) is 0 Å². The molecule has 2 fully saturated rings. The third kappa shape index (κ3) is 2.38. The highest BCUT2D eigenvalue weighted by molar-refractivity contribution is 4.99. The van der Waals surface area contributed by atoms with Crippen LogP contribution >= 0.6 is 0 Å². The van der Waals surface area contributed by atoms with Crippen LogP contribution in [0.4, 0.5) is 0 Å². The Morgan fingerprint density at radius 3 is 2.80 bits per heavy atom. The standard InChI is InChI=1S/C14H27N/c1-11(2)9-13-14(7-8-15-13)6-4-5-12(3)10-14/h11-13,15H,4-10H2,1-3H3. The second-order valence-corrected chi connectivity index (χ2v) is 6.45. The summed E-state index contributed by atoms with van der Waals surface area (Å²) in [4.78, 5) is 0. The fourth-order valence-electron chi connectivity index (χ4n) is 3.94. The summed E-state index contributed by atoms with van der Waals surface area (Å²) in [5.41, 5.74) is 0.682. The molecule has 1 saturated heterocycles. The average Bonchev–Trinajstić information content (AvgIpc) is 2.48. The average molecular weight is 209 g/mol.